The van der Waals surface area contributed by atoms with Crippen molar-refractivity contribution in [2.75, 3.05) is 0 Å². The minimum atomic E-state index is -0.661. The molecule has 0 radical (unpaired) electrons. The summed E-state index contributed by atoms with van der Waals surface area (Å²) >= 11 is 0. The summed E-state index contributed by atoms with van der Waals surface area (Å²) in [6.45, 7) is 7.50. The van der Waals surface area contributed by atoms with Gasteiger partial charge in [0.15, 0.2) is 0 Å². The number of imide groups is 1. The van der Waals surface area contributed by atoms with E-state index in [1.807, 2.05) is 0 Å². The fourth-order valence-electron chi connectivity index (χ4n) is 1.68. The van der Waals surface area contributed by atoms with Gasteiger partial charge >= 0.3 is 0 Å². The standard InChI is InChI=1S/C11H21N3O2/c1-6-5-11(6,4)14-8(3)10(16)13-9(15)7(2)12/h6-8,14H,5,12H2,1-4H3,(H,13,15,16)/t6-,7-,8-,11+/m0/s1. The van der Waals surface area contributed by atoms with Crippen LogP contribution in [-0.4, -0.2) is 29.4 Å². The maximum absolute atomic E-state index is 11.6. The van der Waals surface area contributed by atoms with E-state index >= 15 is 0 Å². The van der Waals surface area contributed by atoms with Crippen molar-refractivity contribution in [2.45, 2.75) is 51.7 Å². The highest BCUT2D eigenvalue weighted by molar-refractivity contribution is 5.99. The number of carbonyl (C=O) groups excluding carboxylic acids is 2. The molecule has 1 fully saturated rings. The summed E-state index contributed by atoms with van der Waals surface area (Å²) in [4.78, 5) is 22.8. The molecule has 4 N–H and O–H groups in total. The van der Waals surface area contributed by atoms with Crippen molar-refractivity contribution in [3.05, 3.63) is 0 Å². The molecule has 0 bridgehead atoms. The van der Waals surface area contributed by atoms with Crippen molar-refractivity contribution in [3.63, 3.8) is 0 Å². The molecule has 1 saturated carbocycles. The summed E-state index contributed by atoms with van der Waals surface area (Å²) in [5, 5.41) is 5.50. The third kappa shape index (κ3) is 3.02. The van der Waals surface area contributed by atoms with Crippen LogP contribution in [0.4, 0.5) is 0 Å². The molecule has 0 unspecified atom stereocenters. The van der Waals surface area contributed by atoms with E-state index in [1.54, 1.807) is 13.8 Å². The zero-order valence-corrected chi connectivity index (χ0v) is 10.3. The Morgan fingerprint density at radius 1 is 1.38 bits per heavy atom. The Morgan fingerprint density at radius 3 is 2.25 bits per heavy atom. The van der Waals surface area contributed by atoms with Gasteiger partial charge in [-0.05, 0) is 33.1 Å². The number of rotatable bonds is 4. The SMILES string of the molecule is C[C@H](N)C(=O)NC(=O)[C@H](C)N[C@]1(C)C[C@@H]1C. The van der Waals surface area contributed by atoms with Crippen LogP contribution >= 0.6 is 0 Å². The Morgan fingerprint density at radius 2 is 1.88 bits per heavy atom. The summed E-state index contributed by atoms with van der Waals surface area (Å²) < 4.78 is 0. The minimum absolute atomic E-state index is 0.0358. The molecule has 0 aromatic carbocycles. The predicted molar refractivity (Wildman–Crippen MR) is 61.6 cm³/mol. The number of amides is 2. The molecule has 5 nitrogen and oxygen atoms in total. The Hall–Kier alpha value is -0.940. The van der Waals surface area contributed by atoms with Gasteiger partial charge in [-0.15, -0.1) is 0 Å². The second kappa shape index (κ2) is 4.51. The third-order valence-corrected chi connectivity index (χ3v) is 3.26. The van der Waals surface area contributed by atoms with Gasteiger partial charge in [0, 0.05) is 5.54 Å². The molecule has 0 aliphatic heterocycles. The molecular weight excluding hydrogens is 206 g/mol. The molecule has 92 valence electrons. The van der Waals surface area contributed by atoms with Crippen LogP contribution in [0.15, 0.2) is 0 Å². The smallest absolute Gasteiger partial charge is 0.243 e. The van der Waals surface area contributed by atoms with Gasteiger partial charge in [-0.25, -0.2) is 0 Å². The van der Waals surface area contributed by atoms with Crippen LogP contribution < -0.4 is 16.4 Å². The Bertz CT molecular complexity index is 304. The Kier molecular flexibility index (Phi) is 3.70. The van der Waals surface area contributed by atoms with E-state index < -0.39 is 11.9 Å². The maximum atomic E-state index is 11.6. The van der Waals surface area contributed by atoms with Crippen LogP contribution in [0, 0.1) is 5.92 Å². The Labute approximate surface area is 96.1 Å². The lowest BCUT2D eigenvalue weighted by Crippen LogP contribution is -2.51. The fraction of sp³-hybridized carbons (Fsp3) is 0.818. The quantitative estimate of drug-likeness (QED) is 0.618. The van der Waals surface area contributed by atoms with Crippen LogP contribution in [0.1, 0.15) is 34.1 Å². The summed E-state index contributed by atoms with van der Waals surface area (Å²) in [6, 6.07) is -1.04. The molecular formula is C11H21N3O2. The van der Waals surface area contributed by atoms with Gasteiger partial charge in [0.1, 0.15) is 0 Å². The lowest BCUT2D eigenvalue weighted by Gasteiger charge is -2.19. The number of hydrogen-bond donors (Lipinski definition) is 3. The predicted octanol–water partition coefficient (Wildman–Crippen LogP) is -0.247. The summed E-state index contributed by atoms with van der Waals surface area (Å²) in [6.07, 6.45) is 1.06. The zero-order valence-electron chi connectivity index (χ0n) is 10.3. The van der Waals surface area contributed by atoms with E-state index in [1.165, 1.54) is 0 Å². The molecule has 0 aromatic heterocycles. The minimum Gasteiger partial charge on any atom is -0.320 e. The molecule has 1 aliphatic rings. The van der Waals surface area contributed by atoms with E-state index in [2.05, 4.69) is 24.5 Å². The average Bonchev–Trinajstić information content (AvgIpc) is 2.73. The molecule has 0 aromatic rings. The third-order valence-electron chi connectivity index (χ3n) is 3.26. The first-order chi connectivity index (χ1) is 7.26. The van der Waals surface area contributed by atoms with Gasteiger partial charge in [-0.3, -0.25) is 14.9 Å². The number of nitrogens with two attached hydrogens (primary N) is 1. The van der Waals surface area contributed by atoms with Crippen molar-refractivity contribution in [1.82, 2.24) is 10.6 Å². The molecule has 5 heteroatoms. The number of hydrogen-bond acceptors (Lipinski definition) is 4. The lowest BCUT2D eigenvalue weighted by atomic mass is 10.2. The second-order valence-corrected chi connectivity index (χ2v) is 5.03. The Balaban J connectivity index is 2.40. The number of carbonyl (C=O) groups is 2. The van der Waals surface area contributed by atoms with Gasteiger partial charge in [-0.1, -0.05) is 6.92 Å². The first-order valence-electron chi connectivity index (χ1n) is 5.64. The lowest BCUT2D eigenvalue weighted by molar-refractivity contribution is -0.132. The molecule has 0 saturated heterocycles. The molecule has 16 heavy (non-hydrogen) atoms. The van der Waals surface area contributed by atoms with Crippen LogP contribution in [0.3, 0.4) is 0 Å². The van der Waals surface area contributed by atoms with Crippen LogP contribution in [0.5, 0.6) is 0 Å². The fourth-order valence-corrected chi connectivity index (χ4v) is 1.68. The monoisotopic (exact) mass is 227 g/mol. The maximum Gasteiger partial charge on any atom is 0.243 e. The van der Waals surface area contributed by atoms with Crippen molar-refractivity contribution in [1.29, 1.82) is 0 Å². The van der Waals surface area contributed by atoms with Gasteiger partial charge in [0.2, 0.25) is 11.8 Å². The topological polar surface area (TPSA) is 84.2 Å². The van der Waals surface area contributed by atoms with Crippen molar-refractivity contribution in [3.8, 4) is 0 Å². The van der Waals surface area contributed by atoms with E-state index in [0.717, 1.165) is 6.42 Å². The van der Waals surface area contributed by atoms with Gasteiger partial charge in [0.05, 0.1) is 12.1 Å². The molecule has 4 atom stereocenters. The van der Waals surface area contributed by atoms with Crippen molar-refractivity contribution < 1.29 is 9.59 Å². The van der Waals surface area contributed by atoms with Gasteiger partial charge < -0.3 is 11.1 Å². The normalized spacial score (nSPS) is 31.7. The molecule has 1 aliphatic carbocycles. The average molecular weight is 227 g/mol. The summed E-state index contributed by atoms with van der Waals surface area (Å²) in [5.74, 6) is -0.179. The molecule has 0 spiro atoms. The molecule has 1 rings (SSSR count). The highest BCUT2D eigenvalue weighted by atomic mass is 16.2. The second-order valence-electron chi connectivity index (χ2n) is 5.03. The van der Waals surface area contributed by atoms with Crippen molar-refractivity contribution in [2.24, 2.45) is 11.7 Å². The molecule has 0 heterocycles. The van der Waals surface area contributed by atoms with Crippen LogP contribution in [-0.2, 0) is 9.59 Å². The van der Waals surface area contributed by atoms with Crippen LogP contribution in [0.25, 0.3) is 0 Å². The number of nitrogens with one attached hydrogen (secondary N) is 2. The van der Waals surface area contributed by atoms with E-state index in [4.69, 9.17) is 5.73 Å². The van der Waals surface area contributed by atoms with Crippen LogP contribution in [0.2, 0.25) is 0 Å². The van der Waals surface area contributed by atoms with E-state index in [0.29, 0.717) is 5.92 Å². The highest BCUT2D eigenvalue weighted by Gasteiger charge is 2.47. The van der Waals surface area contributed by atoms with E-state index in [-0.39, 0.29) is 17.5 Å². The first-order valence-corrected chi connectivity index (χ1v) is 5.64. The summed E-state index contributed by atoms with van der Waals surface area (Å²) in [7, 11) is 0. The van der Waals surface area contributed by atoms with Gasteiger partial charge in [0.25, 0.3) is 0 Å². The highest BCUT2D eigenvalue weighted by Crippen LogP contribution is 2.42. The van der Waals surface area contributed by atoms with Crippen molar-refractivity contribution >= 4 is 11.8 Å². The molecule has 2 amide bonds. The largest absolute Gasteiger partial charge is 0.320 e. The van der Waals surface area contributed by atoms with Gasteiger partial charge in [-0.2, -0.15) is 0 Å². The summed E-state index contributed by atoms with van der Waals surface area (Å²) in [5.41, 5.74) is 5.40. The zero-order chi connectivity index (χ0) is 12.5. The first kappa shape index (κ1) is 13.1. The van der Waals surface area contributed by atoms with E-state index in [9.17, 15) is 9.59 Å².